The number of carbonyl (C=O) groups excluding carboxylic acids is 1. The topological polar surface area (TPSA) is 62.1 Å². The van der Waals surface area contributed by atoms with Gasteiger partial charge in [-0.1, -0.05) is 19.9 Å². The predicted molar refractivity (Wildman–Crippen MR) is 155 cm³/mol. The van der Waals surface area contributed by atoms with Crippen LogP contribution in [-0.2, 0) is 4.74 Å². The van der Waals surface area contributed by atoms with E-state index in [0.717, 1.165) is 31.7 Å². The fourth-order valence-corrected chi connectivity index (χ4v) is 7.29. The number of fused-ring (bicyclic) bond motifs is 1. The minimum absolute atomic E-state index is 0.137. The first-order chi connectivity index (χ1) is 19.7. The number of halogens is 2. The molecule has 3 aliphatic rings. The molecular weight excluding hydrogens is 524 g/mol. The van der Waals surface area contributed by atoms with Crippen molar-refractivity contribution >= 4 is 11.4 Å². The van der Waals surface area contributed by atoms with Gasteiger partial charge in [-0.15, -0.1) is 0 Å². The van der Waals surface area contributed by atoms with Crippen LogP contribution >= 0.6 is 0 Å². The Morgan fingerprint density at radius 2 is 1.88 bits per heavy atom. The Hall–Kier alpha value is -2.88. The standard InChI is InChI=1S/C32H41F2N5O2/c1-19(2)29(22-7-9-35-10-8-22)37-15-24(16-37)23-13-27(30-31(34)36-21(4)39(30)17-23)26-6-5-25(33)14-28(26)32(40)38-11-12-41-18-20(38)3/h5-6,13-14,17,19-20,22,24,29,35H,7-12,15-16,18H2,1-4H3/t20-,29+/m1/s1. The van der Waals surface area contributed by atoms with E-state index in [2.05, 4.69) is 29.0 Å². The first-order valence-electron chi connectivity index (χ1n) is 15.0. The van der Waals surface area contributed by atoms with E-state index in [1.807, 2.05) is 19.2 Å². The van der Waals surface area contributed by atoms with Gasteiger partial charge >= 0.3 is 0 Å². The van der Waals surface area contributed by atoms with E-state index >= 15 is 4.39 Å². The lowest BCUT2D eigenvalue weighted by Gasteiger charge is -2.50. The van der Waals surface area contributed by atoms with Gasteiger partial charge in [-0.2, -0.15) is 4.39 Å². The van der Waals surface area contributed by atoms with Crippen LogP contribution in [0.1, 0.15) is 61.3 Å². The Kier molecular flexibility index (Phi) is 7.87. The van der Waals surface area contributed by atoms with Gasteiger partial charge in [-0.3, -0.25) is 9.69 Å². The third kappa shape index (κ3) is 5.28. The number of carbonyl (C=O) groups is 1. The molecule has 3 saturated heterocycles. The van der Waals surface area contributed by atoms with Crippen molar-refractivity contribution in [3.63, 3.8) is 0 Å². The molecule has 0 spiro atoms. The number of aryl methyl sites for hydroxylation is 1. The molecule has 1 aromatic carbocycles. The third-order valence-electron chi connectivity index (χ3n) is 9.37. The van der Waals surface area contributed by atoms with Gasteiger partial charge in [0.2, 0.25) is 5.95 Å². The fraction of sp³-hybridized carbons (Fsp3) is 0.562. The molecule has 2 atom stereocenters. The van der Waals surface area contributed by atoms with Gasteiger partial charge in [-0.05, 0) is 80.9 Å². The molecule has 0 aliphatic carbocycles. The van der Waals surface area contributed by atoms with Crippen molar-refractivity contribution in [3.8, 4) is 11.1 Å². The number of ether oxygens (including phenoxy) is 1. The first-order valence-corrected chi connectivity index (χ1v) is 15.0. The summed E-state index contributed by atoms with van der Waals surface area (Å²) in [4.78, 5) is 22.2. The third-order valence-corrected chi connectivity index (χ3v) is 9.37. The summed E-state index contributed by atoms with van der Waals surface area (Å²) >= 11 is 0. The molecule has 0 radical (unpaired) electrons. The maximum Gasteiger partial charge on any atom is 0.254 e. The van der Waals surface area contributed by atoms with E-state index in [1.54, 1.807) is 22.3 Å². The van der Waals surface area contributed by atoms with E-state index in [4.69, 9.17) is 4.74 Å². The van der Waals surface area contributed by atoms with Gasteiger partial charge in [0, 0.05) is 43.4 Å². The quantitative estimate of drug-likeness (QED) is 0.462. The maximum absolute atomic E-state index is 15.3. The Morgan fingerprint density at radius 1 is 1.12 bits per heavy atom. The number of pyridine rings is 1. The highest BCUT2D eigenvalue weighted by Gasteiger charge is 2.39. The molecule has 41 heavy (non-hydrogen) atoms. The molecule has 1 amide bonds. The zero-order valence-corrected chi connectivity index (χ0v) is 24.5. The molecule has 220 valence electrons. The second-order valence-corrected chi connectivity index (χ2v) is 12.4. The summed E-state index contributed by atoms with van der Waals surface area (Å²) in [5.41, 5.74) is 2.72. The van der Waals surface area contributed by atoms with Crippen LogP contribution in [0.15, 0.2) is 30.5 Å². The lowest BCUT2D eigenvalue weighted by Crippen LogP contribution is -2.56. The SMILES string of the molecule is Cc1nc(F)c2c(-c3ccc(F)cc3C(=O)N3CCOC[C@H]3C)cc(C3CN([C@@H](C(C)C)C4CCNCC4)C3)cn12. The number of nitrogens with zero attached hydrogens (tertiary/aromatic N) is 4. The highest BCUT2D eigenvalue weighted by atomic mass is 19.1. The second kappa shape index (κ2) is 11.4. The number of aromatic nitrogens is 2. The van der Waals surface area contributed by atoms with E-state index in [9.17, 15) is 9.18 Å². The van der Waals surface area contributed by atoms with Crippen molar-refractivity contribution in [2.75, 3.05) is 45.9 Å². The molecule has 7 nitrogen and oxygen atoms in total. The predicted octanol–water partition coefficient (Wildman–Crippen LogP) is 4.87. The molecule has 6 rings (SSSR count). The lowest BCUT2D eigenvalue weighted by molar-refractivity contribution is 0.00361. The van der Waals surface area contributed by atoms with Crippen LogP contribution in [0.4, 0.5) is 8.78 Å². The first kappa shape index (κ1) is 28.2. The van der Waals surface area contributed by atoms with Crippen molar-refractivity contribution in [1.82, 2.24) is 24.5 Å². The highest BCUT2D eigenvalue weighted by Crippen LogP contribution is 2.39. The Labute approximate surface area is 240 Å². The zero-order valence-electron chi connectivity index (χ0n) is 24.5. The Morgan fingerprint density at radius 3 is 2.59 bits per heavy atom. The number of benzene rings is 1. The van der Waals surface area contributed by atoms with E-state index < -0.39 is 11.8 Å². The Balaban J connectivity index is 1.37. The number of imidazole rings is 1. The van der Waals surface area contributed by atoms with Crippen molar-refractivity contribution in [1.29, 1.82) is 0 Å². The van der Waals surface area contributed by atoms with Crippen molar-refractivity contribution in [2.45, 2.75) is 58.5 Å². The van der Waals surface area contributed by atoms with Crippen molar-refractivity contribution < 1.29 is 18.3 Å². The summed E-state index contributed by atoms with van der Waals surface area (Å²) in [5.74, 6) is 0.725. The number of morpholine rings is 1. The van der Waals surface area contributed by atoms with Gasteiger partial charge in [0.05, 0.1) is 24.8 Å². The summed E-state index contributed by atoms with van der Waals surface area (Å²) < 4.78 is 37.3. The van der Waals surface area contributed by atoms with Gasteiger partial charge < -0.3 is 19.4 Å². The molecule has 0 unspecified atom stereocenters. The van der Waals surface area contributed by atoms with Crippen LogP contribution < -0.4 is 5.32 Å². The molecule has 0 bridgehead atoms. The van der Waals surface area contributed by atoms with E-state index in [0.29, 0.717) is 60.1 Å². The molecule has 9 heteroatoms. The summed E-state index contributed by atoms with van der Waals surface area (Å²) in [7, 11) is 0. The number of hydrogen-bond acceptors (Lipinski definition) is 5. The Bertz CT molecular complexity index is 1430. The van der Waals surface area contributed by atoms with Crippen molar-refractivity contribution in [2.24, 2.45) is 11.8 Å². The van der Waals surface area contributed by atoms with E-state index in [1.165, 1.54) is 25.0 Å². The smallest absolute Gasteiger partial charge is 0.254 e. The van der Waals surface area contributed by atoms with Crippen molar-refractivity contribution in [3.05, 3.63) is 59.2 Å². The zero-order chi connectivity index (χ0) is 28.8. The molecule has 3 fully saturated rings. The van der Waals surface area contributed by atoms with Gasteiger partial charge in [0.15, 0.2) is 0 Å². The molecular formula is C32H41F2N5O2. The van der Waals surface area contributed by atoms with Crippen LogP contribution in [0.3, 0.4) is 0 Å². The molecule has 0 saturated carbocycles. The maximum atomic E-state index is 15.3. The normalized spacial score (nSPS) is 21.9. The van der Waals surface area contributed by atoms with Crippen LogP contribution in [0.5, 0.6) is 0 Å². The summed E-state index contributed by atoms with van der Waals surface area (Å²) in [5, 5.41) is 3.49. The van der Waals surface area contributed by atoms with Gasteiger partial charge in [-0.25, -0.2) is 9.37 Å². The molecule has 3 aromatic rings. The minimum atomic E-state index is -0.590. The number of piperidine rings is 1. The number of rotatable bonds is 6. The average Bonchev–Trinajstić information content (AvgIpc) is 3.23. The molecule has 1 N–H and O–H groups in total. The largest absolute Gasteiger partial charge is 0.377 e. The van der Waals surface area contributed by atoms with Crippen LogP contribution in [0, 0.1) is 30.5 Å². The number of nitrogens with one attached hydrogen (secondary N) is 1. The highest BCUT2D eigenvalue weighted by molar-refractivity contribution is 6.03. The molecule has 3 aliphatic heterocycles. The molecule has 5 heterocycles. The average molecular weight is 566 g/mol. The van der Waals surface area contributed by atoms with Gasteiger partial charge in [0.25, 0.3) is 5.91 Å². The summed E-state index contributed by atoms with van der Waals surface area (Å²) in [6.45, 7) is 13.7. The van der Waals surface area contributed by atoms with E-state index in [-0.39, 0.29) is 23.4 Å². The monoisotopic (exact) mass is 565 g/mol. The summed E-state index contributed by atoms with van der Waals surface area (Å²) in [6.07, 6.45) is 4.41. The number of amides is 1. The lowest BCUT2D eigenvalue weighted by atomic mass is 9.79. The van der Waals surface area contributed by atoms with Crippen LogP contribution in [0.25, 0.3) is 16.6 Å². The molecule has 2 aromatic heterocycles. The number of likely N-dealkylation sites (tertiary alicyclic amines) is 1. The fourth-order valence-electron chi connectivity index (χ4n) is 7.29. The second-order valence-electron chi connectivity index (χ2n) is 12.4. The van der Waals surface area contributed by atoms with Gasteiger partial charge in [0.1, 0.15) is 17.2 Å². The minimum Gasteiger partial charge on any atom is -0.377 e. The number of hydrogen-bond donors (Lipinski definition) is 1. The van der Waals surface area contributed by atoms with Crippen LogP contribution in [-0.4, -0.2) is 83.1 Å². The van der Waals surface area contributed by atoms with Crippen LogP contribution in [0.2, 0.25) is 0 Å². The summed E-state index contributed by atoms with van der Waals surface area (Å²) in [6, 6.07) is 6.64.